The van der Waals surface area contributed by atoms with E-state index in [-0.39, 0.29) is 12.5 Å². The lowest BCUT2D eigenvalue weighted by atomic mass is 10.2. The number of carbonyl (C=O) groups excluding carboxylic acids is 1. The molecular formula is C16H20Cl2N4O3. The second kappa shape index (κ2) is 7.76. The smallest absolute Gasteiger partial charge is 0.320 e. The molecule has 0 unspecified atom stereocenters. The van der Waals surface area contributed by atoms with Gasteiger partial charge in [-0.15, -0.1) is 0 Å². The summed E-state index contributed by atoms with van der Waals surface area (Å²) in [5.41, 5.74) is 0. The van der Waals surface area contributed by atoms with Crippen molar-refractivity contribution in [1.82, 2.24) is 14.8 Å². The van der Waals surface area contributed by atoms with Gasteiger partial charge in [0.1, 0.15) is 11.9 Å². The van der Waals surface area contributed by atoms with Gasteiger partial charge in [-0.2, -0.15) is 0 Å². The minimum Gasteiger partial charge on any atom is -0.480 e. The molecule has 0 spiro atoms. The van der Waals surface area contributed by atoms with Crippen LogP contribution in [0.15, 0.2) is 12.3 Å². The molecule has 0 saturated carbocycles. The Balaban J connectivity index is 1.55. The molecule has 1 amide bonds. The zero-order chi connectivity index (χ0) is 18.0. The van der Waals surface area contributed by atoms with Crippen LogP contribution in [0.3, 0.4) is 0 Å². The Morgan fingerprint density at radius 3 is 2.56 bits per heavy atom. The number of pyridine rings is 1. The fraction of sp³-hybridized carbons (Fsp3) is 0.562. The molecule has 1 aromatic heterocycles. The lowest BCUT2D eigenvalue weighted by Crippen LogP contribution is -2.52. The second-order valence-corrected chi connectivity index (χ2v) is 7.14. The number of halogens is 2. The summed E-state index contributed by atoms with van der Waals surface area (Å²) in [4.78, 5) is 33.5. The molecule has 2 aliphatic rings. The van der Waals surface area contributed by atoms with E-state index in [0.29, 0.717) is 55.0 Å². The molecule has 0 aliphatic carbocycles. The number of amides is 1. The van der Waals surface area contributed by atoms with Gasteiger partial charge >= 0.3 is 5.97 Å². The molecule has 1 N–H and O–H groups in total. The number of rotatable bonds is 4. The van der Waals surface area contributed by atoms with Crippen LogP contribution in [0, 0.1) is 0 Å². The van der Waals surface area contributed by atoms with Crippen molar-refractivity contribution < 1.29 is 14.7 Å². The lowest BCUT2D eigenvalue weighted by Gasteiger charge is -2.36. The minimum atomic E-state index is -0.849. The molecular weight excluding hydrogens is 367 g/mol. The Bertz CT molecular complexity index is 665. The predicted octanol–water partition coefficient (Wildman–Crippen LogP) is 1.59. The number of carboxylic acid groups (broad SMARTS) is 1. The van der Waals surface area contributed by atoms with Crippen molar-refractivity contribution in [2.45, 2.75) is 18.9 Å². The Morgan fingerprint density at radius 2 is 1.92 bits per heavy atom. The van der Waals surface area contributed by atoms with Gasteiger partial charge in [0.05, 0.1) is 16.6 Å². The first-order valence-electron chi connectivity index (χ1n) is 8.26. The first-order valence-corrected chi connectivity index (χ1v) is 9.02. The Morgan fingerprint density at radius 1 is 1.20 bits per heavy atom. The van der Waals surface area contributed by atoms with E-state index in [9.17, 15) is 14.7 Å². The van der Waals surface area contributed by atoms with Gasteiger partial charge in [-0.1, -0.05) is 23.2 Å². The largest absolute Gasteiger partial charge is 0.480 e. The first-order chi connectivity index (χ1) is 12.0. The third kappa shape index (κ3) is 4.16. The molecule has 2 aliphatic heterocycles. The van der Waals surface area contributed by atoms with E-state index in [2.05, 4.69) is 4.98 Å². The number of anilines is 1. The molecule has 0 aromatic carbocycles. The lowest BCUT2D eigenvalue weighted by molar-refractivity contribution is -0.143. The molecule has 3 heterocycles. The van der Waals surface area contributed by atoms with Crippen LogP contribution in [0.25, 0.3) is 0 Å². The molecule has 136 valence electrons. The average molecular weight is 387 g/mol. The maximum absolute atomic E-state index is 12.5. The molecule has 1 aromatic rings. The van der Waals surface area contributed by atoms with Crippen molar-refractivity contribution in [3.8, 4) is 0 Å². The molecule has 2 fully saturated rings. The maximum atomic E-state index is 12.5. The normalized spacial score (nSPS) is 21.6. The van der Waals surface area contributed by atoms with Gasteiger partial charge in [-0.05, 0) is 25.5 Å². The van der Waals surface area contributed by atoms with Crippen LogP contribution in [0.5, 0.6) is 0 Å². The van der Waals surface area contributed by atoms with Crippen molar-refractivity contribution in [2.75, 3.05) is 44.2 Å². The molecule has 7 nitrogen and oxygen atoms in total. The highest BCUT2D eigenvalue weighted by Crippen LogP contribution is 2.27. The van der Waals surface area contributed by atoms with Gasteiger partial charge in [0.2, 0.25) is 5.91 Å². The fourth-order valence-electron chi connectivity index (χ4n) is 3.38. The number of carboxylic acids is 1. The molecule has 1 atom stereocenters. The van der Waals surface area contributed by atoms with Crippen LogP contribution < -0.4 is 4.90 Å². The molecule has 9 heteroatoms. The van der Waals surface area contributed by atoms with Crippen LogP contribution in [0.2, 0.25) is 10.0 Å². The molecule has 0 bridgehead atoms. The Labute approximate surface area is 156 Å². The molecule has 3 rings (SSSR count). The summed E-state index contributed by atoms with van der Waals surface area (Å²) in [5.74, 6) is -0.204. The van der Waals surface area contributed by atoms with Gasteiger partial charge in [0.25, 0.3) is 0 Å². The number of likely N-dealkylation sites (tertiary alicyclic amines) is 1. The number of piperazine rings is 1. The van der Waals surface area contributed by atoms with Crippen LogP contribution in [-0.4, -0.2) is 77.1 Å². The van der Waals surface area contributed by atoms with E-state index >= 15 is 0 Å². The maximum Gasteiger partial charge on any atom is 0.320 e. The highest BCUT2D eigenvalue weighted by molar-refractivity contribution is 6.36. The summed E-state index contributed by atoms with van der Waals surface area (Å²) in [7, 11) is 0. The van der Waals surface area contributed by atoms with Crippen molar-refractivity contribution in [1.29, 1.82) is 0 Å². The second-order valence-electron chi connectivity index (χ2n) is 6.29. The summed E-state index contributed by atoms with van der Waals surface area (Å²) < 4.78 is 0. The van der Waals surface area contributed by atoms with Crippen molar-refractivity contribution in [3.05, 3.63) is 22.3 Å². The molecule has 2 saturated heterocycles. The van der Waals surface area contributed by atoms with Gasteiger partial charge in [-0.25, -0.2) is 4.98 Å². The van der Waals surface area contributed by atoms with Crippen LogP contribution in [0.1, 0.15) is 12.8 Å². The summed E-state index contributed by atoms with van der Waals surface area (Å²) >= 11 is 12.1. The summed E-state index contributed by atoms with van der Waals surface area (Å²) in [5, 5.41) is 10.2. The monoisotopic (exact) mass is 386 g/mol. The molecule has 0 radical (unpaired) electrons. The number of hydrogen-bond acceptors (Lipinski definition) is 5. The van der Waals surface area contributed by atoms with E-state index in [0.717, 1.165) is 6.42 Å². The van der Waals surface area contributed by atoms with E-state index in [1.54, 1.807) is 22.1 Å². The van der Waals surface area contributed by atoms with Crippen molar-refractivity contribution in [2.24, 2.45) is 0 Å². The summed E-state index contributed by atoms with van der Waals surface area (Å²) in [6, 6.07) is 1.12. The predicted molar refractivity (Wildman–Crippen MR) is 95.3 cm³/mol. The number of nitrogens with zero attached hydrogens (tertiary/aromatic N) is 4. The summed E-state index contributed by atoms with van der Waals surface area (Å²) in [6.07, 6.45) is 2.98. The topological polar surface area (TPSA) is 77.0 Å². The standard InChI is InChI=1S/C16H20Cl2N4O3/c17-11-8-12(18)15(19-9-11)21-6-4-20(5-7-21)14(23)10-22-3-1-2-13(22)16(24)25/h8-9,13H,1-7,10H2,(H,24,25)/t13-/m1/s1. The number of aliphatic carboxylic acids is 1. The van der Waals surface area contributed by atoms with E-state index in [1.165, 1.54) is 0 Å². The SMILES string of the molecule is O=C(O)[C@H]1CCCN1CC(=O)N1CCN(c2ncc(Cl)cc2Cl)CC1. The summed E-state index contributed by atoms with van der Waals surface area (Å²) in [6.45, 7) is 3.20. The number of aromatic nitrogens is 1. The number of carbonyl (C=O) groups is 2. The minimum absolute atomic E-state index is 0.0250. The first kappa shape index (κ1) is 18.2. The van der Waals surface area contributed by atoms with Crippen LogP contribution >= 0.6 is 23.2 Å². The third-order valence-corrected chi connectivity index (χ3v) is 5.19. The highest BCUT2D eigenvalue weighted by atomic mass is 35.5. The van der Waals surface area contributed by atoms with Gasteiger partial charge in [0, 0.05) is 32.4 Å². The zero-order valence-electron chi connectivity index (χ0n) is 13.7. The van der Waals surface area contributed by atoms with Gasteiger partial charge in [0.15, 0.2) is 0 Å². The fourth-order valence-corrected chi connectivity index (χ4v) is 3.88. The third-order valence-electron chi connectivity index (χ3n) is 4.71. The van der Waals surface area contributed by atoms with Crippen molar-refractivity contribution in [3.63, 3.8) is 0 Å². The highest BCUT2D eigenvalue weighted by Gasteiger charge is 2.33. The molecule has 25 heavy (non-hydrogen) atoms. The van der Waals surface area contributed by atoms with Crippen LogP contribution in [-0.2, 0) is 9.59 Å². The van der Waals surface area contributed by atoms with E-state index in [1.807, 2.05) is 4.90 Å². The van der Waals surface area contributed by atoms with E-state index < -0.39 is 12.0 Å². The van der Waals surface area contributed by atoms with Gasteiger partial charge < -0.3 is 14.9 Å². The zero-order valence-corrected chi connectivity index (χ0v) is 15.2. The van der Waals surface area contributed by atoms with Crippen molar-refractivity contribution >= 4 is 40.9 Å². The van der Waals surface area contributed by atoms with Gasteiger partial charge in [-0.3, -0.25) is 14.5 Å². The average Bonchev–Trinajstić information content (AvgIpc) is 3.03. The van der Waals surface area contributed by atoms with E-state index in [4.69, 9.17) is 23.2 Å². The Hall–Kier alpha value is -1.57. The quantitative estimate of drug-likeness (QED) is 0.846. The Kier molecular flexibility index (Phi) is 5.66. The van der Waals surface area contributed by atoms with Crippen LogP contribution in [0.4, 0.5) is 5.82 Å². The number of hydrogen-bond donors (Lipinski definition) is 1.